The number of carbonyl (C=O) groups is 3. The average molecular weight is 443 g/mol. The van der Waals surface area contributed by atoms with Crippen LogP contribution in [0.15, 0.2) is 36.4 Å². The van der Waals surface area contributed by atoms with Crippen LogP contribution in [0, 0.1) is 11.6 Å². The van der Waals surface area contributed by atoms with Crippen LogP contribution in [0.3, 0.4) is 0 Å². The normalized spacial score (nSPS) is 15.8. The third kappa shape index (κ3) is 5.27. The maximum atomic E-state index is 13.7. The highest BCUT2D eigenvalue weighted by Gasteiger charge is 2.30. The van der Waals surface area contributed by atoms with E-state index in [1.54, 1.807) is 0 Å². The largest absolute Gasteiger partial charge is 0.447 e. The van der Waals surface area contributed by atoms with Crippen molar-refractivity contribution in [2.24, 2.45) is 0 Å². The summed E-state index contributed by atoms with van der Waals surface area (Å²) in [7, 11) is 0. The number of cyclic esters (lactones) is 1. The summed E-state index contributed by atoms with van der Waals surface area (Å²) in [6.07, 6.45) is -5.53. The molecule has 0 spiro atoms. The summed E-state index contributed by atoms with van der Waals surface area (Å²) >= 11 is 0. The van der Waals surface area contributed by atoms with Crippen LogP contribution in [0.4, 0.5) is 26.7 Å². The quantitative estimate of drug-likeness (QED) is 0.500. The van der Waals surface area contributed by atoms with Gasteiger partial charge in [-0.25, -0.2) is 13.6 Å². The van der Waals surface area contributed by atoms with E-state index in [0.29, 0.717) is 11.6 Å². The molecule has 0 saturated carbocycles. The number of rotatable bonds is 4. The Morgan fingerprint density at radius 1 is 1.06 bits per heavy atom. The van der Waals surface area contributed by atoms with Crippen LogP contribution in [0.5, 0.6) is 0 Å². The van der Waals surface area contributed by atoms with Crippen LogP contribution in [-0.2, 0) is 22.1 Å². The Labute approximate surface area is 171 Å². The Bertz CT molecular complexity index is 1020. The van der Waals surface area contributed by atoms with E-state index in [9.17, 15) is 36.3 Å². The van der Waals surface area contributed by atoms with Gasteiger partial charge in [-0.05, 0) is 41.8 Å². The molecule has 12 heteroatoms. The Morgan fingerprint density at radius 3 is 2.29 bits per heavy atom. The van der Waals surface area contributed by atoms with Crippen molar-refractivity contribution in [2.75, 3.05) is 6.61 Å². The van der Waals surface area contributed by atoms with E-state index < -0.39 is 47.3 Å². The molecule has 31 heavy (non-hydrogen) atoms. The summed E-state index contributed by atoms with van der Waals surface area (Å²) < 4.78 is 70.0. The molecule has 0 bridgehead atoms. The standard InChI is InChI=1S/C19H14F5N3O4/c20-13-6-10(5-9-1-3-11(4-2-9)19(22,23)24)12(7-14(13)21)16(28)26-27-17(29)15-8-31-18(30)25-15/h1-4,6-7,15H,5,8H2,(H,25,30)(H,26,28)(H,27,29)/t15-/m0/s1. The first-order valence-corrected chi connectivity index (χ1v) is 8.72. The summed E-state index contributed by atoms with van der Waals surface area (Å²) in [6, 6.07) is 4.25. The Balaban J connectivity index is 1.75. The van der Waals surface area contributed by atoms with Gasteiger partial charge in [-0.1, -0.05) is 12.1 Å². The van der Waals surface area contributed by atoms with Gasteiger partial charge in [-0.3, -0.25) is 20.4 Å². The number of halogens is 5. The fourth-order valence-electron chi connectivity index (χ4n) is 2.78. The molecule has 0 unspecified atom stereocenters. The van der Waals surface area contributed by atoms with Gasteiger partial charge in [0.1, 0.15) is 12.6 Å². The summed E-state index contributed by atoms with van der Waals surface area (Å²) in [4.78, 5) is 35.2. The predicted octanol–water partition coefficient (Wildman–Crippen LogP) is 2.44. The number of nitrogens with one attached hydrogen (secondary N) is 3. The first kappa shape index (κ1) is 22.0. The number of hydrogen-bond donors (Lipinski definition) is 3. The van der Waals surface area contributed by atoms with Crippen molar-refractivity contribution in [2.45, 2.75) is 18.6 Å². The van der Waals surface area contributed by atoms with E-state index in [1.165, 1.54) is 0 Å². The maximum Gasteiger partial charge on any atom is 0.416 e. The summed E-state index contributed by atoms with van der Waals surface area (Å²) in [5.41, 5.74) is 3.08. The van der Waals surface area contributed by atoms with Crippen molar-refractivity contribution in [3.05, 3.63) is 70.3 Å². The second-order valence-corrected chi connectivity index (χ2v) is 6.53. The first-order chi connectivity index (χ1) is 14.5. The van der Waals surface area contributed by atoms with Crippen LogP contribution in [0.2, 0.25) is 0 Å². The van der Waals surface area contributed by atoms with Gasteiger partial charge < -0.3 is 10.1 Å². The highest BCUT2D eigenvalue weighted by atomic mass is 19.4. The second-order valence-electron chi connectivity index (χ2n) is 6.53. The van der Waals surface area contributed by atoms with Crippen molar-refractivity contribution in [1.82, 2.24) is 16.2 Å². The Hall–Kier alpha value is -3.70. The Kier molecular flexibility index (Phi) is 6.09. The fraction of sp³-hybridized carbons (Fsp3) is 0.211. The smallest absolute Gasteiger partial charge is 0.416 e. The lowest BCUT2D eigenvalue weighted by molar-refractivity contribution is -0.137. The summed E-state index contributed by atoms with van der Waals surface area (Å²) in [5.74, 6) is -4.40. The van der Waals surface area contributed by atoms with E-state index in [-0.39, 0.29) is 24.2 Å². The Morgan fingerprint density at radius 2 is 1.71 bits per heavy atom. The van der Waals surface area contributed by atoms with Crippen LogP contribution >= 0.6 is 0 Å². The molecule has 0 aromatic heterocycles. The number of hydrazine groups is 1. The van der Waals surface area contributed by atoms with Crippen LogP contribution in [0.25, 0.3) is 0 Å². The van der Waals surface area contributed by atoms with E-state index in [0.717, 1.165) is 30.3 Å². The lowest BCUT2D eigenvalue weighted by atomic mass is 9.98. The molecule has 1 aliphatic rings. The fourth-order valence-corrected chi connectivity index (χ4v) is 2.78. The molecular formula is C19H14F5N3O4. The maximum absolute atomic E-state index is 13.7. The van der Waals surface area contributed by atoms with Gasteiger partial charge in [0.25, 0.3) is 11.8 Å². The third-order valence-corrected chi connectivity index (χ3v) is 4.36. The molecule has 3 N–H and O–H groups in total. The number of amides is 3. The topological polar surface area (TPSA) is 96.5 Å². The number of alkyl halides is 3. The van der Waals surface area contributed by atoms with Gasteiger partial charge in [-0.15, -0.1) is 0 Å². The molecule has 7 nitrogen and oxygen atoms in total. The molecule has 3 rings (SSSR count). The number of alkyl carbamates (subject to hydrolysis) is 1. The summed E-state index contributed by atoms with van der Waals surface area (Å²) in [6.45, 7) is -0.259. The van der Waals surface area contributed by atoms with Gasteiger partial charge in [0.05, 0.1) is 5.56 Å². The van der Waals surface area contributed by atoms with Crippen molar-refractivity contribution in [3.63, 3.8) is 0 Å². The van der Waals surface area contributed by atoms with Crippen LogP contribution < -0.4 is 16.2 Å². The van der Waals surface area contributed by atoms with Gasteiger partial charge >= 0.3 is 12.3 Å². The average Bonchev–Trinajstić information content (AvgIpc) is 3.14. The summed E-state index contributed by atoms with van der Waals surface area (Å²) in [5, 5.41) is 2.18. The van der Waals surface area contributed by atoms with Gasteiger partial charge in [0.2, 0.25) is 0 Å². The SMILES string of the molecule is O=C1N[C@H](C(=O)NNC(=O)c2cc(F)c(F)cc2Cc2ccc(C(F)(F)F)cc2)CO1. The van der Waals surface area contributed by atoms with E-state index in [1.807, 2.05) is 10.9 Å². The monoisotopic (exact) mass is 443 g/mol. The van der Waals surface area contributed by atoms with Crippen molar-refractivity contribution >= 4 is 17.9 Å². The highest BCUT2D eigenvalue weighted by Crippen LogP contribution is 2.29. The molecule has 1 saturated heterocycles. The lowest BCUT2D eigenvalue weighted by Gasteiger charge is -2.14. The zero-order valence-electron chi connectivity index (χ0n) is 15.5. The highest BCUT2D eigenvalue weighted by molar-refractivity contribution is 5.97. The molecule has 3 amide bonds. The van der Waals surface area contributed by atoms with E-state index in [2.05, 4.69) is 10.1 Å². The van der Waals surface area contributed by atoms with Crippen LogP contribution in [0.1, 0.15) is 27.0 Å². The van der Waals surface area contributed by atoms with Crippen molar-refractivity contribution in [3.8, 4) is 0 Å². The number of benzene rings is 2. The number of hydrogen-bond acceptors (Lipinski definition) is 4. The molecule has 1 heterocycles. The van der Waals surface area contributed by atoms with E-state index in [4.69, 9.17) is 0 Å². The molecule has 0 radical (unpaired) electrons. The molecular weight excluding hydrogens is 429 g/mol. The third-order valence-electron chi connectivity index (χ3n) is 4.36. The van der Waals surface area contributed by atoms with E-state index >= 15 is 0 Å². The van der Waals surface area contributed by atoms with Crippen molar-refractivity contribution in [1.29, 1.82) is 0 Å². The van der Waals surface area contributed by atoms with Gasteiger partial charge in [0.15, 0.2) is 11.6 Å². The van der Waals surface area contributed by atoms with Crippen LogP contribution in [-0.4, -0.2) is 30.6 Å². The zero-order valence-corrected chi connectivity index (χ0v) is 15.5. The van der Waals surface area contributed by atoms with Gasteiger partial charge in [-0.2, -0.15) is 13.2 Å². The molecule has 1 aliphatic heterocycles. The molecule has 2 aromatic rings. The molecule has 1 fully saturated rings. The molecule has 1 atom stereocenters. The minimum atomic E-state index is -4.53. The van der Waals surface area contributed by atoms with Crippen molar-refractivity contribution < 1.29 is 41.1 Å². The number of ether oxygens (including phenoxy) is 1. The number of carbonyl (C=O) groups excluding carboxylic acids is 3. The minimum absolute atomic E-state index is 0.0251. The zero-order chi connectivity index (χ0) is 22.8. The second kappa shape index (κ2) is 8.58. The first-order valence-electron chi connectivity index (χ1n) is 8.72. The predicted molar refractivity (Wildman–Crippen MR) is 94.5 cm³/mol. The lowest BCUT2D eigenvalue weighted by Crippen LogP contribution is -2.50. The molecule has 0 aliphatic carbocycles. The molecule has 164 valence electrons. The minimum Gasteiger partial charge on any atom is -0.447 e. The molecule has 2 aromatic carbocycles. The van der Waals surface area contributed by atoms with Gasteiger partial charge in [0, 0.05) is 5.56 Å².